The van der Waals surface area contributed by atoms with Gasteiger partial charge in [-0.2, -0.15) is 0 Å². The Bertz CT molecular complexity index is 983. The molecular formula is C50H102NO12P. The number of rotatable bonds is 54. The third-order valence-corrected chi connectivity index (χ3v) is 12.5. The average Bonchev–Trinajstić information content (AvgIpc) is 3.29. The van der Waals surface area contributed by atoms with Crippen LogP contribution >= 0.6 is 7.82 Å². The van der Waals surface area contributed by atoms with Crippen molar-refractivity contribution >= 4 is 13.9 Å². The van der Waals surface area contributed by atoms with Crippen molar-refractivity contribution in [1.29, 1.82) is 0 Å². The molecule has 0 aromatic heterocycles. The van der Waals surface area contributed by atoms with Crippen LogP contribution in [0.1, 0.15) is 219 Å². The van der Waals surface area contributed by atoms with E-state index in [0.717, 1.165) is 26.4 Å². The van der Waals surface area contributed by atoms with Gasteiger partial charge in [0.2, 0.25) is 0 Å². The summed E-state index contributed by atoms with van der Waals surface area (Å²) in [5.41, 5.74) is 0. The van der Waals surface area contributed by atoms with E-state index in [1.165, 1.54) is 186 Å². The molecule has 0 saturated heterocycles. The molecule has 64 heavy (non-hydrogen) atoms. The van der Waals surface area contributed by atoms with Gasteiger partial charge in [0, 0.05) is 26.9 Å². The highest BCUT2D eigenvalue weighted by Gasteiger charge is 2.24. The van der Waals surface area contributed by atoms with Crippen LogP contribution in [-0.4, -0.2) is 115 Å². The minimum atomic E-state index is -4.21. The first-order valence-corrected chi connectivity index (χ1v) is 27.9. The van der Waals surface area contributed by atoms with E-state index in [4.69, 9.17) is 32.9 Å². The number of aliphatic hydroxyl groups excluding tert-OH is 1. The summed E-state index contributed by atoms with van der Waals surface area (Å²) >= 11 is 0. The van der Waals surface area contributed by atoms with E-state index in [1.807, 2.05) is 0 Å². The quantitative estimate of drug-likeness (QED) is 0.0392. The number of phosphoric acid groups is 1. The maximum absolute atomic E-state index is 12.4. The summed E-state index contributed by atoms with van der Waals surface area (Å²) in [5.74, 6) is 0. The van der Waals surface area contributed by atoms with Crippen molar-refractivity contribution < 1.29 is 56.8 Å². The van der Waals surface area contributed by atoms with Gasteiger partial charge in [0.25, 0.3) is 0 Å². The van der Waals surface area contributed by atoms with Crippen molar-refractivity contribution in [3.05, 3.63) is 0 Å². The molecule has 0 aliphatic carbocycles. The van der Waals surface area contributed by atoms with Crippen LogP contribution in [0.2, 0.25) is 0 Å². The number of carbonyl (C=O) groups excluding carboxylic acids is 1. The molecule has 3 N–H and O–H groups in total. The second kappa shape index (κ2) is 51.5. The smallest absolute Gasteiger partial charge is 0.447 e. The van der Waals surface area contributed by atoms with Crippen LogP contribution < -0.4 is 5.32 Å². The number of unbranched alkanes of at least 4 members (excludes halogenated alkanes) is 30. The van der Waals surface area contributed by atoms with Gasteiger partial charge >= 0.3 is 13.9 Å². The first-order chi connectivity index (χ1) is 31.4. The SMILES string of the molecule is CCCCCCCCCCCCCCCCCCOCC(COC(=O)NCCOCCOCCOCC(CO)OP(=O)(O)OC)OCCCCCCCCCCCCCCCCCC. The maximum Gasteiger partial charge on any atom is 0.472 e. The molecule has 3 atom stereocenters. The molecule has 0 radical (unpaired) electrons. The molecule has 0 aromatic carbocycles. The Hall–Kier alpha value is -0.860. The Kier molecular flexibility index (Phi) is 50.8. The van der Waals surface area contributed by atoms with Crippen molar-refractivity contribution in [2.24, 2.45) is 0 Å². The molecule has 14 heteroatoms. The standard InChI is InChI=1S/C50H102NO12P/c1-4-6-8-10-12-14-16-18-20-22-24-26-28-30-32-34-37-59-46-49(61-38-35-33-31-29-27-25-23-21-19-17-15-13-11-9-7-5-2)47-62-50(53)51-36-39-57-40-41-58-42-43-60-45-48(44-52)63-64(54,55)56-3/h48-49,52H,4-47H2,1-3H3,(H,51,53)(H,54,55). The number of hydrogen-bond acceptors (Lipinski definition) is 11. The van der Waals surface area contributed by atoms with Gasteiger partial charge in [0.05, 0.1) is 52.9 Å². The molecule has 0 spiro atoms. The maximum atomic E-state index is 12.4. The van der Waals surface area contributed by atoms with E-state index in [1.54, 1.807) is 0 Å². The lowest BCUT2D eigenvalue weighted by Crippen LogP contribution is -2.33. The van der Waals surface area contributed by atoms with Gasteiger partial charge in [-0.15, -0.1) is 0 Å². The summed E-state index contributed by atoms with van der Waals surface area (Å²) < 4.78 is 54.5. The van der Waals surface area contributed by atoms with Crippen LogP contribution in [0.3, 0.4) is 0 Å². The number of amides is 1. The number of phosphoric ester groups is 1. The molecule has 0 aliphatic rings. The van der Waals surface area contributed by atoms with Gasteiger partial charge in [-0.1, -0.05) is 206 Å². The summed E-state index contributed by atoms with van der Waals surface area (Å²) in [5, 5.41) is 12.0. The van der Waals surface area contributed by atoms with Gasteiger partial charge in [-0.25, -0.2) is 9.36 Å². The Morgan fingerprint density at radius 3 is 1.25 bits per heavy atom. The lowest BCUT2D eigenvalue weighted by molar-refractivity contribution is -0.0470. The van der Waals surface area contributed by atoms with E-state index < -0.39 is 26.6 Å². The minimum Gasteiger partial charge on any atom is -0.447 e. The molecule has 0 heterocycles. The first-order valence-electron chi connectivity index (χ1n) is 26.4. The Balaban J connectivity index is 4.17. The van der Waals surface area contributed by atoms with Gasteiger partial charge in [-0.3, -0.25) is 9.05 Å². The Labute approximate surface area is 392 Å². The van der Waals surface area contributed by atoms with Crippen molar-refractivity contribution in [3.8, 4) is 0 Å². The van der Waals surface area contributed by atoms with Gasteiger partial charge < -0.3 is 43.7 Å². The van der Waals surface area contributed by atoms with Crippen LogP contribution in [0.4, 0.5) is 4.79 Å². The summed E-state index contributed by atoms with van der Waals surface area (Å²) in [6.07, 6.45) is 40.9. The third-order valence-electron chi connectivity index (χ3n) is 11.5. The number of hydrogen-bond donors (Lipinski definition) is 3. The first kappa shape index (κ1) is 63.1. The fourth-order valence-corrected chi connectivity index (χ4v) is 8.05. The van der Waals surface area contributed by atoms with Crippen LogP contribution in [0, 0.1) is 0 Å². The lowest BCUT2D eigenvalue weighted by atomic mass is 10.0. The molecule has 0 rings (SSSR count). The number of aliphatic hydroxyl groups is 1. The zero-order valence-corrected chi connectivity index (χ0v) is 42.6. The van der Waals surface area contributed by atoms with Crippen molar-refractivity contribution in [2.45, 2.75) is 232 Å². The molecule has 0 bridgehead atoms. The van der Waals surface area contributed by atoms with E-state index >= 15 is 0 Å². The number of ether oxygens (including phenoxy) is 6. The average molecular weight is 940 g/mol. The van der Waals surface area contributed by atoms with Crippen molar-refractivity contribution in [3.63, 3.8) is 0 Å². The summed E-state index contributed by atoms with van der Waals surface area (Å²) in [4.78, 5) is 21.8. The zero-order chi connectivity index (χ0) is 46.7. The molecule has 3 unspecified atom stereocenters. The normalized spacial score (nSPS) is 13.6. The molecule has 0 aliphatic heterocycles. The molecule has 0 fully saturated rings. The topological polar surface area (TPSA) is 160 Å². The molecule has 0 aromatic rings. The van der Waals surface area contributed by atoms with Crippen molar-refractivity contribution in [2.75, 3.05) is 86.3 Å². The van der Waals surface area contributed by atoms with Crippen LogP contribution in [-0.2, 0) is 42.0 Å². The van der Waals surface area contributed by atoms with Gasteiger partial charge in [0.15, 0.2) is 0 Å². The predicted molar refractivity (Wildman–Crippen MR) is 260 cm³/mol. The second-order valence-electron chi connectivity index (χ2n) is 17.6. The highest BCUT2D eigenvalue weighted by molar-refractivity contribution is 7.47. The predicted octanol–water partition coefficient (Wildman–Crippen LogP) is 12.8. The monoisotopic (exact) mass is 940 g/mol. The molecule has 0 saturated carbocycles. The number of nitrogens with one attached hydrogen (secondary N) is 1. The molecule has 13 nitrogen and oxygen atoms in total. The van der Waals surface area contributed by atoms with Crippen LogP contribution in [0.25, 0.3) is 0 Å². The van der Waals surface area contributed by atoms with E-state index in [9.17, 15) is 19.4 Å². The number of carbonyl (C=O) groups is 1. The molecule has 1 amide bonds. The van der Waals surface area contributed by atoms with Crippen LogP contribution in [0.5, 0.6) is 0 Å². The van der Waals surface area contributed by atoms with E-state index in [0.29, 0.717) is 46.2 Å². The van der Waals surface area contributed by atoms with Gasteiger partial charge in [0.1, 0.15) is 18.8 Å². The summed E-state index contributed by atoms with van der Waals surface area (Å²) in [7, 11) is -3.16. The lowest BCUT2D eigenvalue weighted by Gasteiger charge is -2.18. The highest BCUT2D eigenvalue weighted by atomic mass is 31.2. The third kappa shape index (κ3) is 49.1. The summed E-state index contributed by atoms with van der Waals surface area (Å²) in [6.45, 7) is 7.55. The van der Waals surface area contributed by atoms with E-state index in [2.05, 4.69) is 23.7 Å². The van der Waals surface area contributed by atoms with Crippen LogP contribution in [0.15, 0.2) is 0 Å². The molecular weight excluding hydrogens is 838 g/mol. The molecule has 384 valence electrons. The zero-order valence-electron chi connectivity index (χ0n) is 41.7. The van der Waals surface area contributed by atoms with Crippen molar-refractivity contribution in [1.82, 2.24) is 5.32 Å². The largest absolute Gasteiger partial charge is 0.472 e. The van der Waals surface area contributed by atoms with Gasteiger partial charge in [-0.05, 0) is 12.8 Å². The minimum absolute atomic E-state index is 0.0922. The van der Waals surface area contributed by atoms with E-state index in [-0.39, 0.29) is 32.5 Å². The highest BCUT2D eigenvalue weighted by Crippen LogP contribution is 2.43. The second-order valence-corrected chi connectivity index (χ2v) is 19.1. The Morgan fingerprint density at radius 1 is 0.469 bits per heavy atom. The Morgan fingerprint density at radius 2 is 0.828 bits per heavy atom. The number of alkyl carbamates (subject to hydrolysis) is 1. The fourth-order valence-electron chi connectivity index (χ4n) is 7.46. The summed E-state index contributed by atoms with van der Waals surface area (Å²) in [6, 6.07) is 0. The fraction of sp³-hybridized carbons (Fsp3) is 0.980.